The molecule has 0 aromatic heterocycles. The predicted molar refractivity (Wildman–Crippen MR) is 151 cm³/mol. The zero-order valence-corrected chi connectivity index (χ0v) is 25.6. The van der Waals surface area contributed by atoms with Gasteiger partial charge < -0.3 is 49.7 Å². The molecule has 35 heavy (non-hydrogen) atoms. The van der Waals surface area contributed by atoms with Crippen molar-refractivity contribution in [1.82, 2.24) is 29.7 Å². The fourth-order valence-corrected chi connectivity index (χ4v) is 4.45. The van der Waals surface area contributed by atoms with Crippen LogP contribution in [0.2, 0.25) is 0 Å². The van der Waals surface area contributed by atoms with Crippen LogP contribution in [-0.4, -0.2) is 49.2 Å². The van der Waals surface area contributed by atoms with Crippen molar-refractivity contribution in [2.24, 2.45) is 10.4 Å². The van der Waals surface area contributed by atoms with E-state index < -0.39 is 18.5 Å². The van der Waals surface area contributed by atoms with Crippen LogP contribution in [0.15, 0.2) is 35.0 Å². The second-order valence-electron chi connectivity index (χ2n) is 5.18. The molecule has 0 spiro atoms. The van der Waals surface area contributed by atoms with Crippen molar-refractivity contribution in [3.63, 3.8) is 0 Å². The molecule has 14 nitrogen and oxygen atoms in total. The Balaban J connectivity index is 0.000000594. The van der Waals surface area contributed by atoms with Crippen LogP contribution in [0.4, 0.5) is 0 Å². The van der Waals surface area contributed by atoms with Crippen molar-refractivity contribution >= 4 is 115 Å². The van der Waals surface area contributed by atoms with Crippen LogP contribution in [0.25, 0.3) is 20.9 Å². The Kier molecular flexibility index (Phi) is 20.1. The van der Waals surface area contributed by atoms with Gasteiger partial charge in [0.2, 0.25) is 0 Å². The van der Waals surface area contributed by atoms with Gasteiger partial charge in [0.1, 0.15) is 0 Å². The molecule has 0 fully saturated rings. The molecule has 0 saturated carbocycles. The molecular formula is C12H14MoN12O2S8. The number of thiocarbonyl (C=S) groups is 4. The first-order valence-electron chi connectivity index (χ1n) is 8.56. The van der Waals surface area contributed by atoms with E-state index in [9.17, 15) is 0 Å². The topological polar surface area (TPSA) is 169 Å². The van der Waals surface area contributed by atoms with Crippen LogP contribution in [0.5, 0.6) is 0 Å². The van der Waals surface area contributed by atoms with E-state index in [1.807, 2.05) is 34.6 Å². The van der Waals surface area contributed by atoms with E-state index in [4.69, 9.17) is 92.0 Å². The first-order chi connectivity index (χ1) is 16.7. The number of hydrogen-bond acceptors (Lipinski definition) is 14. The van der Waals surface area contributed by atoms with Crippen LogP contribution in [-0.2, 0) is 50.5 Å². The molecule has 0 aromatic carbocycles. The van der Waals surface area contributed by atoms with E-state index >= 15 is 0 Å². The third-order valence-electron chi connectivity index (χ3n) is 3.09. The van der Waals surface area contributed by atoms with Gasteiger partial charge in [-0.1, -0.05) is 12.2 Å². The molecule has 0 unspecified atom stereocenters. The van der Waals surface area contributed by atoms with Crippen molar-refractivity contribution < 1.29 is 25.3 Å². The molecule has 2 N–H and O–H groups in total. The molecule has 2 aliphatic heterocycles. The standard InChI is InChI=1S/2C6H8N6S4.Mo.2O/c2*7-9-10-8-5(13)16-12(6(14)15)11-3-1-2-4-11;;;/h2*1,3H,2,4H2,(H,8,13)(H,14,15);;;/q;;+2;;/p-2. The summed E-state index contributed by atoms with van der Waals surface area (Å²) in [6.07, 6.45) is 9.64. The minimum atomic E-state index is -2.03. The summed E-state index contributed by atoms with van der Waals surface area (Å²) < 4.78 is 21.3. The molecule has 2 heterocycles. The maximum absolute atomic E-state index is 8.50. The van der Waals surface area contributed by atoms with Crippen LogP contribution in [0, 0.1) is 0 Å². The second-order valence-corrected chi connectivity index (χ2v) is 10.8. The molecule has 23 heteroatoms. The molecule has 2 rings (SSSR count). The van der Waals surface area contributed by atoms with Crippen LogP contribution in [0.1, 0.15) is 12.8 Å². The van der Waals surface area contributed by atoms with E-state index in [1.54, 1.807) is 8.83 Å². The predicted octanol–water partition coefficient (Wildman–Crippen LogP) is 3.77. The molecule has 0 saturated heterocycles. The van der Waals surface area contributed by atoms with E-state index in [0.717, 1.165) is 49.8 Å². The minimum absolute atomic E-state index is 0.265. The zero-order valence-electron chi connectivity index (χ0n) is 17.1. The quantitative estimate of drug-likeness (QED) is 0.0632. The third-order valence-corrected chi connectivity index (χ3v) is 6.52. The van der Waals surface area contributed by atoms with Gasteiger partial charge >= 0.3 is 25.3 Å². The maximum atomic E-state index is 8.50. The molecule has 2 aliphatic rings. The van der Waals surface area contributed by atoms with E-state index in [2.05, 4.69) is 31.1 Å². The molecule has 0 aliphatic carbocycles. The van der Waals surface area contributed by atoms with Gasteiger partial charge in [-0.15, -0.1) is 11.1 Å². The van der Waals surface area contributed by atoms with Gasteiger partial charge in [0.25, 0.3) is 8.64 Å². The number of hydrazine groups is 2. The number of rotatable bonds is 4. The first-order valence-corrected chi connectivity index (χ1v) is 14.2. The van der Waals surface area contributed by atoms with Crippen molar-refractivity contribution in [2.75, 3.05) is 13.1 Å². The summed E-state index contributed by atoms with van der Waals surface area (Å²) >= 11 is 29.8. The van der Waals surface area contributed by atoms with Gasteiger partial charge in [-0.3, -0.25) is 10.0 Å². The monoisotopic (exact) mass is 712 g/mol. The van der Waals surface area contributed by atoms with Gasteiger partial charge in [0.05, 0.1) is 23.9 Å². The summed E-state index contributed by atoms with van der Waals surface area (Å²) in [5.41, 5.74) is 20.9. The summed E-state index contributed by atoms with van der Waals surface area (Å²) in [5, 5.41) is 9.98. The van der Waals surface area contributed by atoms with Crippen LogP contribution >= 0.6 is 72.8 Å². The van der Waals surface area contributed by atoms with Crippen LogP contribution in [0.3, 0.4) is 0 Å². The number of nitrogens with one attached hydrogen (secondary N) is 2. The van der Waals surface area contributed by atoms with Gasteiger partial charge in [-0.2, -0.15) is 9.82 Å². The molecule has 0 aromatic rings. The van der Waals surface area contributed by atoms with Gasteiger partial charge in [0.15, 0.2) is 0 Å². The van der Waals surface area contributed by atoms with Gasteiger partial charge in [-0.25, -0.2) is 19.7 Å². The first kappa shape index (κ1) is 33.7. The summed E-state index contributed by atoms with van der Waals surface area (Å²) in [6, 6.07) is 0. The number of nitrogens with zero attached hydrogens (tertiary/aromatic N) is 10. The third kappa shape index (κ3) is 15.4. The molecule has 0 atom stereocenters. The molecule has 0 amide bonds. The van der Waals surface area contributed by atoms with Crippen molar-refractivity contribution in [3.05, 3.63) is 45.4 Å². The summed E-state index contributed by atoms with van der Waals surface area (Å²) in [7, 11) is 0. The van der Waals surface area contributed by atoms with Gasteiger partial charge in [0, 0.05) is 25.5 Å². The molecule has 0 radical (unpaired) electrons. The Labute approximate surface area is 250 Å². The average Bonchev–Trinajstić information content (AvgIpc) is 3.53. The second kappa shape index (κ2) is 20.8. The van der Waals surface area contributed by atoms with Crippen molar-refractivity contribution in [2.45, 2.75) is 12.8 Å². The van der Waals surface area contributed by atoms with Gasteiger partial charge in [-0.05, 0) is 56.4 Å². The molecular weight excluding hydrogens is 697 g/mol. The van der Waals surface area contributed by atoms with Crippen molar-refractivity contribution in [1.29, 1.82) is 0 Å². The number of hydrogen-bond donors (Lipinski definition) is 2. The molecule has 0 bridgehead atoms. The average molecular weight is 711 g/mol. The zero-order chi connectivity index (χ0) is 26.6. The van der Waals surface area contributed by atoms with Crippen molar-refractivity contribution in [3.8, 4) is 0 Å². The summed E-state index contributed by atoms with van der Waals surface area (Å²) in [6.45, 7) is 1.60. The fraction of sp³-hybridized carbons (Fsp3) is 0.333. The Morgan fingerprint density at radius 2 is 1.23 bits per heavy atom. The SMILES string of the molecule is [N-]=[N+]=NNC(=S)SN(C(=S)[S-])N1C=CCC1.[N-]=[N+]=NNC(=S)SN(C(=S)[S-])N1C=CCC1.[O]=[Mo+2]=[O]. The normalized spacial score (nSPS) is 12.2. The molecule has 188 valence electrons. The fourth-order valence-electron chi connectivity index (χ4n) is 1.97. The Morgan fingerprint density at radius 1 is 0.886 bits per heavy atom. The summed E-state index contributed by atoms with van der Waals surface area (Å²) in [5.74, 6) is 0. The van der Waals surface area contributed by atoms with E-state index in [1.165, 1.54) is 0 Å². The Bertz CT molecular complexity index is 893. The Hall–Kier alpha value is -1.31. The van der Waals surface area contributed by atoms with Crippen LogP contribution < -0.4 is 10.9 Å². The Morgan fingerprint density at radius 3 is 1.46 bits per heavy atom. The van der Waals surface area contributed by atoms with E-state index in [-0.39, 0.29) is 17.3 Å². The number of azide groups is 2. The van der Waals surface area contributed by atoms with E-state index in [0.29, 0.717) is 0 Å². The summed E-state index contributed by atoms with van der Waals surface area (Å²) in [4.78, 5) is 5.07.